The van der Waals surface area contributed by atoms with Gasteiger partial charge in [-0.05, 0) is 12.8 Å². The summed E-state index contributed by atoms with van der Waals surface area (Å²) in [7, 11) is 5.39. The minimum absolute atomic E-state index is 0.0459. The number of unbranched alkanes of at least 4 members (excludes halogenated alkanes) is 23. The highest BCUT2D eigenvalue weighted by molar-refractivity contribution is 5.70. The van der Waals surface area contributed by atoms with Crippen molar-refractivity contribution in [1.82, 2.24) is 0 Å². The van der Waals surface area contributed by atoms with E-state index in [0.717, 1.165) is 38.5 Å². The molecule has 0 aliphatic carbocycles. The van der Waals surface area contributed by atoms with Crippen LogP contribution in [0.5, 0.6) is 0 Å². The van der Waals surface area contributed by atoms with Crippen LogP contribution >= 0.6 is 0 Å². The molecular formula is C41H79NO7. The van der Waals surface area contributed by atoms with Gasteiger partial charge in [-0.15, -0.1) is 0 Å². The highest BCUT2D eigenvalue weighted by Crippen LogP contribution is 2.16. The second kappa shape index (κ2) is 33.5. The minimum Gasteiger partial charge on any atom is -0.544 e. The van der Waals surface area contributed by atoms with Crippen molar-refractivity contribution in [3.8, 4) is 0 Å². The number of nitrogens with zero attached hydrogens (tertiary/aromatic N) is 1. The largest absolute Gasteiger partial charge is 0.544 e. The zero-order valence-corrected chi connectivity index (χ0v) is 32.9. The zero-order chi connectivity index (χ0) is 36.4. The third-order valence-corrected chi connectivity index (χ3v) is 9.49. The third kappa shape index (κ3) is 32.0. The Morgan fingerprint density at radius 3 is 1.31 bits per heavy atom. The van der Waals surface area contributed by atoms with Gasteiger partial charge >= 0.3 is 11.9 Å². The van der Waals surface area contributed by atoms with Crippen LogP contribution in [0.2, 0.25) is 0 Å². The number of rotatable bonds is 37. The van der Waals surface area contributed by atoms with Crippen molar-refractivity contribution in [1.29, 1.82) is 0 Å². The summed E-state index contributed by atoms with van der Waals surface area (Å²) in [6.45, 7) is 4.51. The van der Waals surface area contributed by atoms with E-state index in [1.165, 1.54) is 122 Å². The van der Waals surface area contributed by atoms with Crippen molar-refractivity contribution >= 4 is 17.9 Å². The SMILES string of the molecule is CCCCCCCCCCCCCCCCCCCCCCCCC(=O)OC(COCCC(C(=O)[O-])[N+](C)(C)C)COC(=O)CCCCC. The molecule has 8 nitrogen and oxygen atoms in total. The van der Waals surface area contributed by atoms with E-state index in [9.17, 15) is 19.5 Å². The number of esters is 2. The summed E-state index contributed by atoms with van der Waals surface area (Å²) >= 11 is 0. The van der Waals surface area contributed by atoms with Gasteiger partial charge in [0.05, 0.1) is 40.3 Å². The van der Waals surface area contributed by atoms with Crippen LogP contribution in [0.15, 0.2) is 0 Å². The summed E-state index contributed by atoms with van der Waals surface area (Å²) in [5.41, 5.74) is 0. The lowest BCUT2D eigenvalue weighted by Gasteiger charge is -2.34. The highest BCUT2D eigenvalue weighted by Gasteiger charge is 2.25. The van der Waals surface area contributed by atoms with Crippen LogP contribution in [0.25, 0.3) is 0 Å². The monoisotopic (exact) mass is 698 g/mol. The molecule has 0 aromatic heterocycles. The van der Waals surface area contributed by atoms with Gasteiger partial charge in [-0.2, -0.15) is 0 Å². The Bertz CT molecular complexity index is 782. The normalized spacial score (nSPS) is 12.9. The molecule has 0 heterocycles. The molecule has 290 valence electrons. The molecule has 0 aromatic carbocycles. The van der Waals surface area contributed by atoms with E-state index in [0.29, 0.717) is 12.8 Å². The molecule has 0 aromatic rings. The van der Waals surface area contributed by atoms with Crippen LogP contribution in [0.3, 0.4) is 0 Å². The van der Waals surface area contributed by atoms with Crippen LogP contribution in [0.1, 0.15) is 194 Å². The van der Waals surface area contributed by atoms with Crippen molar-refractivity contribution in [2.75, 3.05) is 41.0 Å². The van der Waals surface area contributed by atoms with Gasteiger partial charge in [0.25, 0.3) is 0 Å². The first kappa shape index (κ1) is 47.3. The lowest BCUT2D eigenvalue weighted by atomic mass is 10.0. The van der Waals surface area contributed by atoms with Crippen LogP contribution in [-0.2, 0) is 28.6 Å². The number of hydrogen-bond donors (Lipinski definition) is 0. The van der Waals surface area contributed by atoms with Crippen LogP contribution in [0.4, 0.5) is 0 Å². The molecule has 8 heteroatoms. The van der Waals surface area contributed by atoms with Gasteiger partial charge in [0.1, 0.15) is 12.6 Å². The van der Waals surface area contributed by atoms with Crippen molar-refractivity contribution < 1.29 is 38.2 Å². The second-order valence-electron chi connectivity index (χ2n) is 15.2. The Kier molecular flexibility index (Phi) is 32.3. The number of aliphatic carboxylic acids is 1. The van der Waals surface area contributed by atoms with Gasteiger partial charge in [0.15, 0.2) is 6.10 Å². The number of carbonyl (C=O) groups is 3. The zero-order valence-electron chi connectivity index (χ0n) is 32.9. The van der Waals surface area contributed by atoms with E-state index in [-0.39, 0.29) is 42.7 Å². The lowest BCUT2D eigenvalue weighted by molar-refractivity contribution is -0.889. The topological polar surface area (TPSA) is 102 Å². The summed E-state index contributed by atoms with van der Waals surface area (Å²) in [4.78, 5) is 36.2. The predicted octanol–water partition coefficient (Wildman–Crippen LogP) is 9.25. The number of carbonyl (C=O) groups excluding carboxylic acids is 3. The molecule has 0 saturated heterocycles. The number of carboxylic acid groups (broad SMARTS) is 1. The van der Waals surface area contributed by atoms with E-state index in [2.05, 4.69) is 13.8 Å². The second-order valence-corrected chi connectivity index (χ2v) is 15.2. The fraction of sp³-hybridized carbons (Fsp3) is 0.927. The van der Waals surface area contributed by atoms with Gasteiger partial charge in [0.2, 0.25) is 0 Å². The molecule has 2 atom stereocenters. The number of ether oxygens (including phenoxy) is 3. The van der Waals surface area contributed by atoms with Crippen molar-refractivity contribution in [3.05, 3.63) is 0 Å². The smallest absolute Gasteiger partial charge is 0.306 e. The molecule has 0 aliphatic heterocycles. The Morgan fingerprint density at radius 2 is 0.898 bits per heavy atom. The molecule has 0 bridgehead atoms. The molecule has 0 N–H and O–H groups in total. The first-order valence-electron chi connectivity index (χ1n) is 20.6. The number of quaternary nitrogens is 1. The van der Waals surface area contributed by atoms with Gasteiger partial charge in [-0.25, -0.2) is 0 Å². The quantitative estimate of drug-likeness (QED) is 0.0362. The fourth-order valence-electron chi connectivity index (χ4n) is 6.25. The van der Waals surface area contributed by atoms with E-state index in [1.54, 1.807) is 21.1 Å². The first-order valence-corrected chi connectivity index (χ1v) is 20.6. The van der Waals surface area contributed by atoms with Gasteiger partial charge in [0, 0.05) is 19.3 Å². The van der Waals surface area contributed by atoms with Crippen LogP contribution in [-0.4, -0.2) is 75.5 Å². The van der Waals surface area contributed by atoms with E-state index in [1.807, 2.05) is 0 Å². The maximum atomic E-state index is 12.6. The molecule has 0 radical (unpaired) electrons. The standard InChI is InChI=1S/C41H79NO7/c1-6-8-10-11-12-13-14-15-16-17-18-19-20-21-22-23-24-25-26-27-28-30-32-40(44)49-37(36-48-39(43)31-29-9-7-2)35-47-34-33-38(41(45)46)42(3,4)5/h37-38H,6-36H2,1-5H3. The molecule has 49 heavy (non-hydrogen) atoms. The Morgan fingerprint density at radius 1 is 0.531 bits per heavy atom. The summed E-state index contributed by atoms with van der Waals surface area (Å²) in [6.07, 6.45) is 32.1. The average Bonchev–Trinajstić information content (AvgIpc) is 3.05. The van der Waals surface area contributed by atoms with Gasteiger partial charge in [-0.3, -0.25) is 9.59 Å². The molecule has 2 unspecified atom stereocenters. The predicted molar refractivity (Wildman–Crippen MR) is 199 cm³/mol. The lowest BCUT2D eigenvalue weighted by Crippen LogP contribution is -2.55. The van der Waals surface area contributed by atoms with E-state index < -0.39 is 18.1 Å². The molecule has 0 rings (SSSR count). The summed E-state index contributed by atoms with van der Waals surface area (Å²) < 4.78 is 16.9. The molecular weight excluding hydrogens is 618 g/mol. The molecule has 0 fully saturated rings. The Hall–Kier alpha value is -1.67. The fourth-order valence-corrected chi connectivity index (χ4v) is 6.25. The molecule has 0 saturated carbocycles. The number of carboxylic acids is 1. The van der Waals surface area contributed by atoms with E-state index >= 15 is 0 Å². The maximum absolute atomic E-state index is 12.6. The minimum atomic E-state index is -1.12. The third-order valence-electron chi connectivity index (χ3n) is 9.49. The summed E-state index contributed by atoms with van der Waals surface area (Å²) in [5.74, 6) is -1.75. The van der Waals surface area contributed by atoms with Crippen molar-refractivity contribution in [3.63, 3.8) is 0 Å². The van der Waals surface area contributed by atoms with Crippen LogP contribution < -0.4 is 5.11 Å². The van der Waals surface area contributed by atoms with Crippen LogP contribution in [0, 0.1) is 0 Å². The van der Waals surface area contributed by atoms with Gasteiger partial charge < -0.3 is 28.6 Å². The molecule has 0 amide bonds. The first-order chi connectivity index (χ1) is 23.6. The molecule has 0 aliphatic rings. The number of likely N-dealkylation sites (N-methyl/N-ethyl adjacent to an activating group) is 1. The molecule has 0 spiro atoms. The number of hydrogen-bond acceptors (Lipinski definition) is 7. The average molecular weight is 698 g/mol. The van der Waals surface area contributed by atoms with Crippen molar-refractivity contribution in [2.24, 2.45) is 0 Å². The Balaban J connectivity index is 3.97. The van der Waals surface area contributed by atoms with Crippen molar-refractivity contribution in [2.45, 2.75) is 206 Å². The Labute approximate surface area is 302 Å². The summed E-state index contributed by atoms with van der Waals surface area (Å²) in [6, 6.07) is -0.716. The van der Waals surface area contributed by atoms with E-state index in [4.69, 9.17) is 14.2 Å². The van der Waals surface area contributed by atoms with Gasteiger partial charge in [-0.1, -0.05) is 162 Å². The maximum Gasteiger partial charge on any atom is 0.306 e. The summed E-state index contributed by atoms with van der Waals surface area (Å²) in [5, 5.41) is 11.5. The highest BCUT2D eigenvalue weighted by atomic mass is 16.6.